The van der Waals surface area contributed by atoms with Crippen molar-refractivity contribution in [2.24, 2.45) is 0 Å². The van der Waals surface area contributed by atoms with Crippen molar-refractivity contribution in [2.45, 2.75) is 43.9 Å². The van der Waals surface area contributed by atoms with E-state index in [1.165, 1.54) is 11.3 Å². The first-order valence-corrected chi connectivity index (χ1v) is 6.06. The van der Waals surface area contributed by atoms with Gasteiger partial charge in [-0.05, 0) is 39.2 Å². The van der Waals surface area contributed by atoms with Gasteiger partial charge in [0.2, 0.25) is 0 Å². The maximum Gasteiger partial charge on any atom is 0.0833 e. The highest BCUT2D eigenvalue weighted by molar-refractivity contribution is 7.82. The van der Waals surface area contributed by atoms with Gasteiger partial charge in [-0.1, -0.05) is 0 Å². The number of rotatable bonds is 2. The molecule has 0 aromatic heterocycles. The number of likely N-dealkylation sites (N-methyl/N-ethyl adjacent to an activating group) is 1. The molecule has 2 nitrogen and oxygen atoms in total. The van der Waals surface area contributed by atoms with Gasteiger partial charge >= 0.3 is 0 Å². The fourth-order valence-corrected chi connectivity index (χ4v) is 2.62. The fraction of sp³-hybridized carbons (Fsp3) is 0.833. The SMILES string of the molecule is CC1=C(N(C)C2(C)COC2)CCC1(C)S. The van der Waals surface area contributed by atoms with E-state index >= 15 is 0 Å². The van der Waals surface area contributed by atoms with Crippen molar-refractivity contribution in [3.8, 4) is 0 Å². The lowest BCUT2D eigenvalue weighted by Crippen LogP contribution is -2.58. The van der Waals surface area contributed by atoms with E-state index in [0.29, 0.717) is 0 Å². The normalized spacial score (nSPS) is 34.2. The summed E-state index contributed by atoms with van der Waals surface area (Å²) in [4.78, 5) is 2.41. The van der Waals surface area contributed by atoms with E-state index < -0.39 is 0 Å². The van der Waals surface area contributed by atoms with Crippen molar-refractivity contribution in [2.75, 3.05) is 20.3 Å². The molecular weight excluding hydrogens is 206 g/mol. The summed E-state index contributed by atoms with van der Waals surface area (Å²) in [6, 6.07) is 0. The van der Waals surface area contributed by atoms with E-state index in [0.717, 1.165) is 26.1 Å². The average molecular weight is 227 g/mol. The Kier molecular flexibility index (Phi) is 2.59. The Balaban J connectivity index is 2.21. The lowest BCUT2D eigenvalue weighted by atomic mass is 9.97. The maximum absolute atomic E-state index is 5.32. The van der Waals surface area contributed by atoms with Crippen LogP contribution < -0.4 is 0 Å². The zero-order valence-electron chi connectivity index (χ0n) is 10.1. The summed E-state index contributed by atoms with van der Waals surface area (Å²) in [6.45, 7) is 8.40. The molecule has 15 heavy (non-hydrogen) atoms. The minimum absolute atomic E-state index is 0.0879. The lowest BCUT2D eigenvalue weighted by molar-refractivity contribution is -0.111. The molecule has 86 valence electrons. The smallest absolute Gasteiger partial charge is 0.0833 e. The lowest BCUT2D eigenvalue weighted by Gasteiger charge is -2.47. The standard InChI is InChI=1S/C12H21NOS/c1-9-10(5-6-12(9,3)15)13(4)11(2)7-14-8-11/h15H,5-8H2,1-4H3. The van der Waals surface area contributed by atoms with Gasteiger partial charge in [0.1, 0.15) is 0 Å². The second-order valence-electron chi connectivity index (χ2n) is 5.39. The molecule has 0 spiro atoms. The van der Waals surface area contributed by atoms with Crippen LogP contribution in [0.25, 0.3) is 0 Å². The molecule has 0 aromatic carbocycles. The van der Waals surface area contributed by atoms with E-state index in [9.17, 15) is 0 Å². The molecule has 1 atom stereocenters. The molecule has 0 saturated carbocycles. The highest BCUT2D eigenvalue weighted by atomic mass is 32.1. The van der Waals surface area contributed by atoms with Gasteiger partial charge in [0.25, 0.3) is 0 Å². The van der Waals surface area contributed by atoms with Crippen LogP contribution in [0.5, 0.6) is 0 Å². The molecule has 3 heteroatoms. The summed E-state index contributed by atoms with van der Waals surface area (Å²) in [6.07, 6.45) is 2.30. The maximum atomic E-state index is 5.32. The van der Waals surface area contributed by atoms with Gasteiger partial charge in [-0.2, -0.15) is 12.6 Å². The van der Waals surface area contributed by atoms with Gasteiger partial charge in [-0.25, -0.2) is 0 Å². The fourth-order valence-electron chi connectivity index (χ4n) is 2.38. The molecule has 1 fully saturated rings. The van der Waals surface area contributed by atoms with E-state index in [1.54, 1.807) is 0 Å². The number of hydrogen-bond donors (Lipinski definition) is 1. The van der Waals surface area contributed by atoms with Crippen LogP contribution >= 0.6 is 12.6 Å². The van der Waals surface area contributed by atoms with Crippen LogP contribution in [0.15, 0.2) is 11.3 Å². The molecular formula is C12H21NOS. The van der Waals surface area contributed by atoms with Crippen molar-refractivity contribution in [3.63, 3.8) is 0 Å². The van der Waals surface area contributed by atoms with Crippen molar-refractivity contribution >= 4 is 12.6 Å². The third kappa shape index (κ3) is 1.70. The molecule has 0 amide bonds. The van der Waals surface area contributed by atoms with Gasteiger partial charge < -0.3 is 9.64 Å². The molecule has 0 N–H and O–H groups in total. The number of thiol groups is 1. The number of hydrogen-bond acceptors (Lipinski definition) is 3. The molecule has 0 radical (unpaired) electrons. The Morgan fingerprint density at radius 3 is 2.27 bits per heavy atom. The van der Waals surface area contributed by atoms with Crippen LogP contribution in [0.4, 0.5) is 0 Å². The number of nitrogens with zero attached hydrogens (tertiary/aromatic N) is 1. The third-order valence-corrected chi connectivity index (χ3v) is 4.69. The van der Waals surface area contributed by atoms with E-state index in [1.807, 2.05) is 0 Å². The second-order valence-corrected chi connectivity index (χ2v) is 6.38. The van der Waals surface area contributed by atoms with Crippen LogP contribution in [0.3, 0.4) is 0 Å². The third-order valence-electron chi connectivity index (χ3n) is 4.13. The van der Waals surface area contributed by atoms with Crippen molar-refractivity contribution in [1.82, 2.24) is 4.90 Å². The summed E-state index contributed by atoms with van der Waals surface area (Å²) < 4.78 is 5.41. The van der Waals surface area contributed by atoms with Crippen LogP contribution in [0.2, 0.25) is 0 Å². The predicted octanol–water partition coefficient (Wildman–Crippen LogP) is 2.46. The summed E-state index contributed by atoms with van der Waals surface area (Å²) >= 11 is 4.73. The molecule has 2 aliphatic rings. The first-order chi connectivity index (χ1) is 6.87. The molecule has 0 aromatic rings. The largest absolute Gasteiger partial charge is 0.376 e. The van der Waals surface area contributed by atoms with Crippen LogP contribution in [0, 0.1) is 0 Å². The highest BCUT2D eigenvalue weighted by Crippen LogP contribution is 2.43. The minimum atomic E-state index is 0.0879. The van der Waals surface area contributed by atoms with E-state index in [4.69, 9.17) is 17.4 Å². The summed E-state index contributed by atoms with van der Waals surface area (Å²) in [7, 11) is 2.19. The predicted molar refractivity (Wildman–Crippen MR) is 66.3 cm³/mol. The van der Waals surface area contributed by atoms with Gasteiger partial charge in [-0.3, -0.25) is 0 Å². The second kappa shape index (κ2) is 3.42. The van der Waals surface area contributed by atoms with Crippen molar-refractivity contribution in [1.29, 1.82) is 0 Å². The number of ether oxygens (including phenoxy) is 1. The van der Waals surface area contributed by atoms with E-state index in [2.05, 4.69) is 32.7 Å². The summed E-state index contributed by atoms with van der Waals surface area (Å²) in [5.41, 5.74) is 3.12. The topological polar surface area (TPSA) is 12.5 Å². The quantitative estimate of drug-likeness (QED) is 0.728. The Morgan fingerprint density at radius 2 is 1.93 bits per heavy atom. The Morgan fingerprint density at radius 1 is 1.33 bits per heavy atom. The molecule has 1 aliphatic heterocycles. The zero-order chi connectivity index (χ0) is 11.3. The molecule has 2 rings (SSSR count). The highest BCUT2D eigenvalue weighted by Gasteiger charge is 2.42. The first kappa shape index (κ1) is 11.3. The monoisotopic (exact) mass is 227 g/mol. The van der Waals surface area contributed by atoms with Gasteiger partial charge in [0.05, 0.1) is 18.8 Å². The molecule has 1 saturated heterocycles. The van der Waals surface area contributed by atoms with Crippen molar-refractivity contribution < 1.29 is 4.74 Å². The van der Waals surface area contributed by atoms with Gasteiger partial charge in [0.15, 0.2) is 0 Å². The molecule has 0 bridgehead atoms. The first-order valence-electron chi connectivity index (χ1n) is 5.61. The summed E-state index contributed by atoms with van der Waals surface area (Å²) in [5.74, 6) is 0. The molecule has 1 unspecified atom stereocenters. The van der Waals surface area contributed by atoms with Crippen molar-refractivity contribution in [3.05, 3.63) is 11.3 Å². The van der Waals surface area contributed by atoms with Crippen LogP contribution in [-0.4, -0.2) is 35.4 Å². The number of allylic oxidation sites excluding steroid dienone is 1. The molecule has 1 heterocycles. The average Bonchev–Trinajstić information content (AvgIpc) is 2.38. The van der Waals surface area contributed by atoms with Gasteiger partial charge in [0, 0.05) is 17.5 Å². The molecule has 1 aliphatic carbocycles. The van der Waals surface area contributed by atoms with E-state index in [-0.39, 0.29) is 10.3 Å². The Hall–Kier alpha value is -0.150. The minimum Gasteiger partial charge on any atom is -0.376 e. The Bertz CT molecular complexity index is 305. The van der Waals surface area contributed by atoms with Gasteiger partial charge in [-0.15, -0.1) is 0 Å². The Labute approximate surface area is 98.1 Å². The summed E-state index contributed by atoms with van der Waals surface area (Å²) in [5, 5.41) is 0. The zero-order valence-corrected chi connectivity index (χ0v) is 11.0. The van der Waals surface area contributed by atoms with Crippen LogP contribution in [0.1, 0.15) is 33.6 Å². The van der Waals surface area contributed by atoms with Crippen LogP contribution in [-0.2, 0) is 4.74 Å².